The Bertz CT molecular complexity index is 285. The highest BCUT2D eigenvalue weighted by Crippen LogP contribution is 2.14. The minimum Gasteiger partial charge on any atom is -0.224 e. The standard InChI is InChI=1S/C11H22N4/c1-5-6-7-8-9-10-12-13-14-15(10)11(2,3)4/h5-9H2,1-4H3. The summed E-state index contributed by atoms with van der Waals surface area (Å²) in [5, 5.41) is 11.9. The predicted octanol–water partition coefficient (Wildman–Crippen LogP) is 2.55. The van der Waals surface area contributed by atoms with Gasteiger partial charge >= 0.3 is 0 Å². The van der Waals surface area contributed by atoms with Crippen LogP contribution in [0.1, 0.15) is 59.2 Å². The van der Waals surface area contributed by atoms with Crippen molar-refractivity contribution >= 4 is 0 Å². The molecule has 0 unspecified atom stereocenters. The molecule has 0 atom stereocenters. The molecule has 0 bridgehead atoms. The highest BCUT2D eigenvalue weighted by molar-refractivity contribution is 4.86. The van der Waals surface area contributed by atoms with Crippen LogP contribution in [-0.2, 0) is 12.0 Å². The van der Waals surface area contributed by atoms with E-state index < -0.39 is 0 Å². The molecule has 0 fully saturated rings. The Labute approximate surface area is 92.1 Å². The van der Waals surface area contributed by atoms with Gasteiger partial charge in [-0.25, -0.2) is 4.68 Å². The van der Waals surface area contributed by atoms with E-state index in [9.17, 15) is 0 Å². The third kappa shape index (κ3) is 3.61. The van der Waals surface area contributed by atoms with Crippen LogP contribution in [0.15, 0.2) is 0 Å². The average molecular weight is 210 g/mol. The van der Waals surface area contributed by atoms with Crippen molar-refractivity contribution in [3.05, 3.63) is 5.82 Å². The zero-order valence-corrected chi connectivity index (χ0v) is 10.3. The topological polar surface area (TPSA) is 43.6 Å². The van der Waals surface area contributed by atoms with Crippen LogP contribution in [0, 0.1) is 0 Å². The third-order valence-electron chi connectivity index (χ3n) is 2.42. The average Bonchev–Trinajstić information content (AvgIpc) is 2.59. The SMILES string of the molecule is CCCCCCc1nnnn1C(C)(C)C. The number of unbranched alkanes of at least 4 members (excludes halogenated alkanes) is 3. The molecule has 0 aliphatic rings. The first kappa shape index (κ1) is 12.1. The second-order valence-electron chi connectivity index (χ2n) is 4.99. The van der Waals surface area contributed by atoms with E-state index >= 15 is 0 Å². The number of hydrogen-bond acceptors (Lipinski definition) is 3. The Morgan fingerprint density at radius 3 is 2.47 bits per heavy atom. The minimum absolute atomic E-state index is 0.0103. The fourth-order valence-electron chi connectivity index (χ4n) is 1.59. The summed E-state index contributed by atoms with van der Waals surface area (Å²) in [5.74, 6) is 1.01. The molecule has 0 radical (unpaired) electrons. The summed E-state index contributed by atoms with van der Waals surface area (Å²) in [6.45, 7) is 8.59. The van der Waals surface area contributed by atoms with Gasteiger partial charge in [0.1, 0.15) is 0 Å². The van der Waals surface area contributed by atoms with Crippen molar-refractivity contribution in [1.82, 2.24) is 20.2 Å². The predicted molar refractivity (Wildman–Crippen MR) is 60.7 cm³/mol. The summed E-state index contributed by atoms with van der Waals surface area (Å²) < 4.78 is 1.93. The van der Waals surface area contributed by atoms with E-state index in [1.807, 2.05) is 4.68 Å². The minimum atomic E-state index is -0.0103. The molecule has 86 valence electrons. The summed E-state index contributed by atoms with van der Waals surface area (Å²) in [6, 6.07) is 0. The first-order chi connectivity index (χ1) is 7.05. The van der Waals surface area contributed by atoms with Gasteiger partial charge in [-0.05, 0) is 37.6 Å². The maximum absolute atomic E-state index is 4.08. The Hall–Kier alpha value is -0.930. The number of aromatic nitrogens is 4. The molecule has 0 saturated heterocycles. The molecule has 0 amide bonds. The second kappa shape index (κ2) is 5.24. The lowest BCUT2D eigenvalue weighted by Gasteiger charge is -2.19. The first-order valence-electron chi connectivity index (χ1n) is 5.83. The summed E-state index contributed by atoms with van der Waals surface area (Å²) in [5.41, 5.74) is -0.0103. The summed E-state index contributed by atoms with van der Waals surface area (Å²) >= 11 is 0. The Morgan fingerprint density at radius 2 is 1.87 bits per heavy atom. The molecule has 0 saturated carbocycles. The van der Waals surface area contributed by atoms with E-state index in [1.54, 1.807) is 0 Å². The molecule has 1 rings (SSSR count). The van der Waals surface area contributed by atoms with Crippen LogP contribution in [0.3, 0.4) is 0 Å². The molecule has 4 nitrogen and oxygen atoms in total. The molecule has 4 heteroatoms. The fourth-order valence-corrected chi connectivity index (χ4v) is 1.59. The quantitative estimate of drug-likeness (QED) is 0.701. The van der Waals surface area contributed by atoms with E-state index in [1.165, 1.54) is 25.7 Å². The van der Waals surface area contributed by atoms with Crippen molar-refractivity contribution in [2.75, 3.05) is 0 Å². The summed E-state index contributed by atoms with van der Waals surface area (Å²) in [7, 11) is 0. The Balaban J connectivity index is 2.51. The van der Waals surface area contributed by atoms with Crippen LogP contribution < -0.4 is 0 Å². The van der Waals surface area contributed by atoms with Crippen molar-refractivity contribution in [3.8, 4) is 0 Å². The van der Waals surface area contributed by atoms with Crippen molar-refractivity contribution in [2.24, 2.45) is 0 Å². The fraction of sp³-hybridized carbons (Fsp3) is 0.909. The van der Waals surface area contributed by atoms with Crippen LogP contribution >= 0.6 is 0 Å². The smallest absolute Gasteiger partial charge is 0.151 e. The van der Waals surface area contributed by atoms with Crippen LogP contribution in [-0.4, -0.2) is 20.2 Å². The summed E-state index contributed by atoms with van der Waals surface area (Å²) in [4.78, 5) is 0. The molecule has 0 aliphatic heterocycles. The zero-order valence-electron chi connectivity index (χ0n) is 10.3. The van der Waals surface area contributed by atoms with Crippen LogP contribution in [0.25, 0.3) is 0 Å². The maximum Gasteiger partial charge on any atom is 0.151 e. The normalized spacial score (nSPS) is 12.0. The van der Waals surface area contributed by atoms with Crippen LogP contribution in [0.2, 0.25) is 0 Å². The molecule has 0 aliphatic carbocycles. The van der Waals surface area contributed by atoms with Gasteiger partial charge in [-0.3, -0.25) is 0 Å². The Morgan fingerprint density at radius 1 is 1.13 bits per heavy atom. The van der Waals surface area contributed by atoms with E-state index in [0.29, 0.717) is 0 Å². The number of tetrazole rings is 1. The van der Waals surface area contributed by atoms with E-state index in [0.717, 1.165) is 12.2 Å². The van der Waals surface area contributed by atoms with Crippen molar-refractivity contribution in [3.63, 3.8) is 0 Å². The Kier molecular flexibility index (Phi) is 4.24. The molecule has 0 N–H and O–H groups in total. The molecule has 0 spiro atoms. The second-order valence-corrected chi connectivity index (χ2v) is 4.99. The lowest BCUT2D eigenvalue weighted by molar-refractivity contribution is 0.333. The first-order valence-corrected chi connectivity index (χ1v) is 5.83. The van der Waals surface area contributed by atoms with Gasteiger partial charge in [0.05, 0.1) is 5.54 Å². The van der Waals surface area contributed by atoms with Crippen molar-refractivity contribution in [2.45, 2.75) is 65.3 Å². The molecular formula is C11H22N4. The monoisotopic (exact) mass is 210 g/mol. The van der Waals surface area contributed by atoms with Crippen molar-refractivity contribution in [1.29, 1.82) is 0 Å². The van der Waals surface area contributed by atoms with Gasteiger partial charge < -0.3 is 0 Å². The van der Waals surface area contributed by atoms with E-state index in [-0.39, 0.29) is 5.54 Å². The van der Waals surface area contributed by atoms with Crippen LogP contribution in [0.5, 0.6) is 0 Å². The van der Waals surface area contributed by atoms with Gasteiger partial charge in [-0.1, -0.05) is 26.2 Å². The molecule has 0 aromatic carbocycles. The lowest BCUT2D eigenvalue weighted by Crippen LogP contribution is -2.25. The highest BCUT2D eigenvalue weighted by Gasteiger charge is 2.18. The van der Waals surface area contributed by atoms with Crippen molar-refractivity contribution < 1.29 is 0 Å². The third-order valence-corrected chi connectivity index (χ3v) is 2.42. The van der Waals surface area contributed by atoms with Gasteiger partial charge in [0.25, 0.3) is 0 Å². The van der Waals surface area contributed by atoms with E-state index in [4.69, 9.17) is 0 Å². The number of nitrogens with zero attached hydrogens (tertiary/aromatic N) is 4. The molecule has 15 heavy (non-hydrogen) atoms. The largest absolute Gasteiger partial charge is 0.224 e. The van der Waals surface area contributed by atoms with Gasteiger partial charge in [-0.15, -0.1) is 5.10 Å². The zero-order chi connectivity index (χ0) is 11.3. The summed E-state index contributed by atoms with van der Waals surface area (Å²) in [6.07, 6.45) is 6.02. The van der Waals surface area contributed by atoms with Gasteiger partial charge in [0.2, 0.25) is 0 Å². The lowest BCUT2D eigenvalue weighted by atomic mass is 10.1. The number of aryl methyl sites for hydroxylation is 1. The van der Waals surface area contributed by atoms with Gasteiger partial charge in [0, 0.05) is 6.42 Å². The van der Waals surface area contributed by atoms with Crippen LogP contribution in [0.4, 0.5) is 0 Å². The number of hydrogen-bond donors (Lipinski definition) is 0. The highest BCUT2D eigenvalue weighted by atomic mass is 15.6. The van der Waals surface area contributed by atoms with E-state index in [2.05, 4.69) is 43.2 Å². The molecule has 1 heterocycles. The van der Waals surface area contributed by atoms with Gasteiger partial charge in [-0.2, -0.15) is 0 Å². The van der Waals surface area contributed by atoms with Gasteiger partial charge in [0.15, 0.2) is 5.82 Å². The maximum atomic E-state index is 4.08. The molecule has 1 aromatic heterocycles. The molecular weight excluding hydrogens is 188 g/mol. The molecule has 1 aromatic rings. The number of rotatable bonds is 5.